The number of aliphatic hydroxyl groups excluding tert-OH is 1. The Morgan fingerprint density at radius 1 is 1.50 bits per heavy atom. The van der Waals surface area contributed by atoms with Crippen molar-refractivity contribution in [2.75, 3.05) is 12.3 Å². The smallest absolute Gasteiger partial charge is 0.407 e. The van der Waals surface area contributed by atoms with Crippen LogP contribution in [0.15, 0.2) is 0 Å². The number of nitrogens with one attached hydrogen (secondary N) is 1. The zero-order valence-electron chi connectivity index (χ0n) is 9.13. The fraction of sp³-hybridized carbons (Fsp3) is 0.778. The van der Waals surface area contributed by atoms with Crippen LogP contribution in [-0.2, 0) is 4.74 Å². The summed E-state index contributed by atoms with van der Waals surface area (Å²) in [6.07, 6.45) is -0.414. The predicted molar refractivity (Wildman–Crippen MR) is 61.4 cm³/mol. The second kappa shape index (κ2) is 6.03. The Bertz CT molecular complexity index is 217. The molecule has 0 fully saturated rings. The molecule has 5 heteroatoms. The lowest BCUT2D eigenvalue weighted by Crippen LogP contribution is -2.33. The number of amides is 1. The first-order valence-electron chi connectivity index (χ1n) is 4.48. The van der Waals surface area contributed by atoms with Gasteiger partial charge in [-0.25, -0.2) is 4.79 Å². The van der Waals surface area contributed by atoms with Gasteiger partial charge in [-0.1, -0.05) is 0 Å². The van der Waals surface area contributed by atoms with Crippen LogP contribution in [0, 0.1) is 0 Å². The zero-order valence-corrected chi connectivity index (χ0v) is 10.0. The Kier molecular flexibility index (Phi) is 5.79. The van der Waals surface area contributed by atoms with Gasteiger partial charge in [0.2, 0.25) is 0 Å². The molecule has 0 bridgehead atoms. The topological polar surface area (TPSA) is 58.6 Å². The summed E-state index contributed by atoms with van der Waals surface area (Å²) in [6.45, 7) is 7.59. The SMILES string of the molecule is CC(O)=[SH]CCNC(=O)OC(C)(C)C. The van der Waals surface area contributed by atoms with E-state index in [9.17, 15) is 4.79 Å². The Morgan fingerprint density at radius 2 is 2.07 bits per heavy atom. The van der Waals surface area contributed by atoms with Crippen molar-refractivity contribution in [1.82, 2.24) is 5.32 Å². The summed E-state index contributed by atoms with van der Waals surface area (Å²) in [5, 5.41) is 11.8. The molecule has 2 N–H and O–H groups in total. The minimum absolute atomic E-state index is 0.357. The van der Waals surface area contributed by atoms with E-state index in [2.05, 4.69) is 5.32 Å². The second-order valence-corrected chi connectivity index (χ2v) is 5.27. The first-order valence-corrected chi connectivity index (χ1v) is 5.56. The number of rotatable bonds is 3. The van der Waals surface area contributed by atoms with E-state index in [0.717, 1.165) is 11.4 Å². The van der Waals surface area contributed by atoms with E-state index in [0.29, 0.717) is 17.3 Å². The molecule has 4 nitrogen and oxygen atoms in total. The molecule has 0 spiro atoms. The van der Waals surface area contributed by atoms with Crippen LogP contribution in [0.1, 0.15) is 27.7 Å². The molecule has 0 saturated carbocycles. The van der Waals surface area contributed by atoms with Crippen molar-refractivity contribution in [3.8, 4) is 0 Å². The lowest BCUT2D eigenvalue weighted by atomic mass is 10.2. The largest absolute Gasteiger partial charge is 0.444 e. The number of carbonyl (C=O) groups is 1. The standard InChI is InChI=1S/C9H19NO3S/c1-7(11)14-6-5-10-8(12)13-9(2,3)4/h11,14H,5-6H2,1-4H3,(H,10,12). The third-order valence-electron chi connectivity index (χ3n) is 1.12. The molecule has 84 valence electrons. The van der Waals surface area contributed by atoms with Gasteiger partial charge in [0.15, 0.2) is 0 Å². The molecular formula is C9H19NO3S. The van der Waals surface area contributed by atoms with Gasteiger partial charge in [0.1, 0.15) is 5.60 Å². The molecule has 0 aromatic heterocycles. The molecular weight excluding hydrogens is 202 g/mol. The van der Waals surface area contributed by atoms with Crippen LogP contribution in [0.2, 0.25) is 0 Å². The van der Waals surface area contributed by atoms with E-state index in [1.807, 2.05) is 20.8 Å². The van der Waals surface area contributed by atoms with Crippen molar-refractivity contribution >= 4 is 22.5 Å². The van der Waals surface area contributed by atoms with Gasteiger partial charge in [-0.3, -0.25) is 0 Å². The van der Waals surface area contributed by atoms with Gasteiger partial charge in [-0.05, 0) is 27.7 Å². The summed E-state index contributed by atoms with van der Waals surface area (Å²) >= 11 is 0.836. The highest BCUT2D eigenvalue weighted by molar-refractivity contribution is 7.98. The van der Waals surface area contributed by atoms with Gasteiger partial charge in [0.25, 0.3) is 0 Å². The highest BCUT2D eigenvalue weighted by atomic mass is 32.1. The first-order chi connectivity index (χ1) is 6.31. The maximum atomic E-state index is 11.1. The number of ether oxygens (including phenoxy) is 1. The average Bonchev–Trinajstić information content (AvgIpc) is 1.94. The number of aliphatic hydroxyl groups is 1. The van der Waals surface area contributed by atoms with Crippen molar-refractivity contribution in [3.63, 3.8) is 0 Å². The van der Waals surface area contributed by atoms with Gasteiger partial charge >= 0.3 is 6.09 Å². The van der Waals surface area contributed by atoms with Crippen molar-refractivity contribution in [1.29, 1.82) is 0 Å². The molecule has 1 amide bonds. The van der Waals surface area contributed by atoms with Crippen LogP contribution in [0.3, 0.4) is 0 Å². The molecule has 0 aromatic carbocycles. The van der Waals surface area contributed by atoms with Crippen molar-refractivity contribution in [3.05, 3.63) is 0 Å². The van der Waals surface area contributed by atoms with Crippen LogP contribution in [0.25, 0.3) is 0 Å². The number of alkyl carbamates (subject to hydrolysis) is 1. The van der Waals surface area contributed by atoms with Crippen LogP contribution in [0.5, 0.6) is 0 Å². The summed E-state index contributed by atoms with van der Waals surface area (Å²) < 4.78 is 5.02. The van der Waals surface area contributed by atoms with Gasteiger partial charge in [0.05, 0.1) is 5.05 Å². The molecule has 0 saturated heterocycles. The van der Waals surface area contributed by atoms with Gasteiger partial charge in [0, 0.05) is 12.3 Å². The van der Waals surface area contributed by atoms with Crippen LogP contribution < -0.4 is 5.32 Å². The number of hydrogen-bond donors (Lipinski definition) is 3. The molecule has 0 aromatic rings. The van der Waals surface area contributed by atoms with E-state index in [1.165, 1.54) is 0 Å². The molecule has 0 heterocycles. The first kappa shape index (κ1) is 13.4. The molecule has 0 unspecified atom stereocenters. The minimum atomic E-state index is -0.458. The molecule has 0 aliphatic rings. The summed E-state index contributed by atoms with van der Waals surface area (Å²) in [7, 11) is 0. The maximum absolute atomic E-state index is 11.1. The second-order valence-electron chi connectivity index (χ2n) is 3.86. The fourth-order valence-corrected chi connectivity index (χ4v) is 1.24. The lowest BCUT2D eigenvalue weighted by Gasteiger charge is -2.19. The van der Waals surface area contributed by atoms with Crippen molar-refractivity contribution < 1.29 is 14.6 Å². The Hall–Kier alpha value is -0.550. The lowest BCUT2D eigenvalue weighted by molar-refractivity contribution is 0.0531. The van der Waals surface area contributed by atoms with E-state index in [-0.39, 0.29) is 0 Å². The highest BCUT2D eigenvalue weighted by Gasteiger charge is 2.14. The summed E-state index contributed by atoms with van der Waals surface area (Å²) in [4.78, 5) is 11.1. The third-order valence-corrected chi connectivity index (χ3v) is 2.03. The molecule has 0 atom stereocenters. The molecule has 14 heavy (non-hydrogen) atoms. The van der Waals surface area contributed by atoms with E-state index in [1.54, 1.807) is 6.92 Å². The van der Waals surface area contributed by atoms with E-state index in [4.69, 9.17) is 9.84 Å². The third kappa shape index (κ3) is 9.54. The van der Waals surface area contributed by atoms with E-state index >= 15 is 0 Å². The van der Waals surface area contributed by atoms with Crippen molar-refractivity contribution in [2.45, 2.75) is 33.3 Å². The van der Waals surface area contributed by atoms with Crippen LogP contribution >= 0.6 is 11.4 Å². The Labute approximate surface area is 88.6 Å². The number of carbonyl (C=O) groups excluding carboxylic acids is 1. The summed E-state index contributed by atoms with van der Waals surface area (Å²) in [5.41, 5.74) is -0.458. The van der Waals surface area contributed by atoms with Crippen LogP contribution in [0.4, 0.5) is 4.79 Å². The average molecular weight is 221 g/mol. The maximum Gasteiger partial charge on any atom is 0.407 e. The minimum Gasteiger partial charge on any atom is -0.444 e. The van der Waals surface area contributed by atoms with Gasteiger partial charge in [-0.2, -0.15) is 11.4 Å². The summed E-state index contributed by atoms with van der Waals surface area (Å²) in [5.74, 6) is 0.696. The quantitative estimate of drug-likeness (QED) is 0.386. The molecule has 0 radical (unpaired) electrons. The number of hydrogen-bond acceptors (Lipinski definition) is 2. The Morgan fingerprint density at radius 3 is 2.50 bits per heavy atom. The monoisotopic (exact) mass is 221 g/mol. The molecule has 0 rings (SSSR count). The summed E-state index contributed by atoms with van der Waals surface area (Å²) in [6, 6.07) is 0. The fourth-order valence-electron chi connectivity index (χ4n) is 0.690. The highest BCUT2D eigenvalue weighted by Crippen LogP contribution is 2.06. The van der Waals surface area contributed by atoms with Crippen molar-refractivity contribution in [2.24, 2.45) is 0 Å². The van der Waals surface area contributed by atoms with E-state index < -0.39 is 11.7 Å². The normalized spacial score (nSPS) is 13.1. The molecule has 0 aliphatic carbocycles. The van der Waals surface area contributed by atoms with Gasteiger partial charge in [-0.15, -0.1) is 0 Å². The predicted octanol–water partition coefficient (Wildman–Crippen LogP) is 1.68. The number of thiol groups is 1. The Balaban J connectivity index is 3.61. The zero-order chi connectivity index (χ0) is 11.2. The van der Waals surface area contributed by atoms with Gasteiger partial charge < -0.3 is 15.2 Å². The molecule has 0 aliphatic heterocycles. The van der Waals surface area contributed by atoms with Crippen LogP contribution in [-0.4, -0.2) is 34.1 Å².